The highest BCUT2D eigenvalue weighted by Crippen LogP contribution is 2.57. The molecule has 0 N–H and O–H groups in total. The van der Waals surface area contributed by atoms with Crippen molar-refractivity contribution in [1.29, 1.82) is 21.0 Å². The summed E-state index contributed by atoms with van der Waals surface area (Å²) in [6, 6.07) is 13.2. The maximum absolute atomic E-state index is 17.1. The van der Waals surface area contributed by atoms with Gasteiger partial charge in [-0.15, -0.1) is 0 Å². The second-order valence-electron chi connectivity index (χ2n) is 10.4. The maximum Gasteiger partial charge on any atom is 0.417 e. The molecule has 3 aromatic carbocycles. The fourth-order valence-corrected chi connectivity index (χ4v) is 5.84. The van der Waals surface area contributed by atoms with Crippen LogP contribution in [0, 0.1) is 90.5 Å². The molecule has 0 fully saturated rings. The molecule has 0 atom stereocenters. The van der Waals surface area contributed by atoms with Gasteiger partial charge in [-0.25, -0.2) is 33.8 Å². The average Bonchev–Trinajstić information content (AvgIpc) is 3.60. The summed E-state index contributed by atoms with van der Waals surface area (Å²) in [6.45, 7) is 26.8. The molecule has 226 valence electrons. The number of nitriles is 4. The summed E-state index contributed by atoms with van der Waals surface area (Å²) in [5.41, 5.74) is -8.12. The first-order chi connectivity index (χ1) is 22.8. The van der Waals surface area contributed by atoms with Crippen LogP contribution >= 0.6 is 0 Å². The normalized spacial score (nSPS) is 15.2. The third-order valence-corrected chi connectivity index (χ3v) is 8.01. The van der Waals surface area contributed by atoms with Crippen LogP contribution in [0.1, 0.15) is 55.6 Å². The van der Waals surface area contributed by atoms with E-state index in [1.54, 1.807) is 50.3 Å². The minimum atomic E-state index is -4.96. The van der Waals surface area contributed by atoms with Gasteiger partial charge in [-0.3, -0.25) is 0 Å². The Bertz CT molecular complexity index is 2460. The molecule has 0 radical (unpaired) electrons. The van der Waals surface area contributed by atoms with E-state index in [4.69, 9.17) is 19.7 Å². The minimum Gasteiger partial charge on any atom is -0.237 e. The molecular formula is C36H12F5N7. The molecule has 0 bridgehead atoms. The molecule has 0 heterocycles. The number of halogens is 5. The van der Waals surface area contributed by atoms with E-state index in [1.165, 1.54) is 6.07 Å². The summed E-state index contributed by atoms with van der Waals surface area (Å²) < 4.78 is 75.0. The van der Waals surface area contributed by atoms with Crippen LogP contribution in [0.2, 0.25) is 0 Å². The summed E-state index contributed by atoms with van der Waals surface area (Å²) in [4.78, 5) is 9.78. The molecule has 7 nitrogen and oxygen atoms in total. The first kappa shape index (κ1) is 32.1. The highest BCUT2D eigenvalue weighted by atomic mass is 19.4. The summed E-state index contributed by atoms with van der Waals surface area (Å²) in [5, 5.41) is 39.6. The zero-order chi connectivity index (χ0) is 35.2. The number of hydrogen-bond acceptors (Lipinski definition) is 4. The zero-order valence-electron chi connectivity index (χ0n) is 24.5. The van der Waals surface area contributed by atoms with E-state index >= 15 is 8.78 Å². The lowest BCUT2D eigenvalue weighted by Crippen LogP contribution is -2.08. The third-order valence-electron chi connectivity index (χ3n) is 8.01. The molecule has 0 saturated carbocycles. The van der Waals surface area contributed by atoms with Crippen molar-refractivity contribution in [3.63, 3.8) is 0 Å². The van der Waals surface area contributed by atoms with Crippen LogP contribution in [-0.4, -0.2) is 0 Å². The summed E-state index contributed by atoms with van der Waals surface area (Å²) in [5.74, 6) is -2.74. The van der Waals surface area contributed by atoms with E-state index in [2.05, 4.69) is 14.5 Å². The van der Waals surface area contributed by atoms with Gasteiger partial charge < -0.3 is 0 Å². The van der Waals surface area contributed by atoms with Crippen molar-refractivity contribution in [2.24, 2.45) is 0 Å². The second kappa shape index (κ2) is 11.6. The smallest absolute Gasteiger partial charge is 0.237 e. The van der Waals surface area contributed by atoms with Gasteiger partial charge in [0.1, 0.15) is 17.7 Å². The molecular weight excluding hydrogens is 625 g/mol. The maximum atomic E-state index is 17.1. The van der Waals surface area contributed by atoms with E-state index < -0.39 is 90.6 Å². The summed E-state index contributed by atoms with van der Waals surface area (Å²) in [7, 11) is 0. The SMILES string of the molecule is [C-]#[N+]C1=C(c2ccc(C)c(C)c2)/C(=C(/C#N)[N+]#[C-])c2c(F)c3c(c(F)c21)/C(=C(/C#N)[N+]#[C-])C(c1ccc(C(F)(F)F)c(C#N)c1)=C3C#N. The van der Waals surface area contributed by atoms with E-state index in [9.17, 15) is 34.2 Å². The Hall–Kier alpha value is -7.30. The van der Waals surface area contributed by atoms with Gasteiger partial charge in [-0.1, -0.05) is 24.3 Å². The highest BCUT2D eigenvalue weighted by molar-refractivity contribution is 6.29. The number of hydrogen-bond donors (Lipinski definition) is 0. The Morgan fingerprint density at radius 2 is 1.23 bits per heavy atom. The van der Waals surface area contributed by atoms with E-state index in [-0.39, 0.29) is 16.7 Å². The van der Waals surface area contributed by atoms with Crippen molar-refractivity contribution < 1.29 is 22.0 Å². The monoisotopic (exact) mass is 637 g/mol. The quantitative estimate of drug-likeness (QED) is 0.159. The van der Waals surface area contributed by atoms with Crippen molar-refractivity contribution >= 4 is 33.6 Å². The van der Waals surface area contributed by atoms with Crippen molar-refractivity contribution in [2.45, 2.75) is 20.0 Å². The van der Waals surface area contributed by atoms with Crippen LogP contribution in [0.15, 0.2) is 47.8 Å². The van der Waals surface area contributed by atoms with E-state index in [0.29, 0.717) is 6.07 Å². The first-order valence-corrected chi connectivity index (χ1v) is 13.4. The van der Waals surface area contributed by atoms with Crippen LogP contribution in [0.4, 0.5) is 22.0 Å². The Kier molecular flexibility index (Phi) is 7.74. The molecule has 0 saturated heterocycles. The van der Waals surface area contributed by atoms with Crippen LogP contribution in [0.3, 0.4) is 0 Å². The number of aryl methyl sites for hydroxylation is 2. The van der Waals surface area contributed by atoms with Gasteiger partial charge in [0.2, 0.25) is 5.70 Å². The van der Waals surface area contributed by atoms with E-state index in [1.807, 2.05) is 0 Å². The minimum absolute atomic E-state index is 0.127. The Morgan fingerprint density at radius 3 is 1.73 bits per heavy atom. The standard InChI is InChI=1S/C36H12F5N7/c1-16-6-7-18(10-17(16)2)26-29(24(15-45)47-4)31-32(35(26)48-5)34(38)30-27(33(31)37)21(13-43)25(28(30)23(14-44)46-3)19-8-9-22(36(39,40)41)20(11-19)12-42/h6-11H,1-2H3/b28-23-,29-24+. The largest absolute Gasteiger partial charge is 0.417 e. The van der Waals surface area contributed by atoms with Crippen LogP contribution in [0.5, 0.6) is 0 Å². The van der Waals surface area contributed by atoms with Gasteiger partial charge in [0, 0.05) is 27.8 Å². The molecule has 48 heavy (non-hydrogen) atoms. The van der Waals surface area contributed by atoms with Gasteiger partial charge in [-0.2, -0.15) is 23.7 Å². The zero-order valence-corrected chi connectivity index (χ0v) is 24.5. The lowest BCUT2D eigenvalue weighted by molar-refractivity contribution is -0.137. The van der Waals surface area contributed by atoms with Crippen molar-refractivity contribution in [3.8, 4) is 24.3 Å². The highest BCUT2D eigenvalue weighted by Gasteiger charge is 2.44. The third kappa shape index (κ3) is 4.49. The topological polar surface area (TPSA) is 108 Å². The van der Waals surface area contributed by atoms with Gasteiger partial charge in [-0.05, 0) is 65.0 Å². The van der Waals surface area contributed by atoms with Crippen molar-refractivity contribution in [1.82, 2.24) is 0 Å². The average molecular weight is 638 g/mol. The van der Waals surface area contributed by atoms with Crippen molar-refractivity contribution in [3.05, 3.63) is 149 Å². The molecule has 3 aromatic rings. The van der Waals surface area contributed by atoms with E-state index in [0.717, 1.165) is 23.3 Å². The molecule has 0 spiro atoms. The molecule has 5 rings (SSSR count). The first-order valence-electron chi connectivity index (χ1n) is 13.4. The van der Waals surface area contributed by atoms with Gasteiger partial charge >= 0.3 is 6.18 Å². The molecule has 12 heteroatoms. The molecule has 0 aromatic heterocycles. The second-order valence-corrected chi connectivity index (χ2v) is 10.4. The predicted octanol–water partition coefficient (Wildman–Crippen LogP) is 9.03. The molecule has 2 aliphatic carbocycles. The number of benzene rings is 3. The van der Waals surface area contributed by atoms with Crippen LogP contribution in [-0.2, 0) is 6.18 Å². The Morgan fingerprint density at radius 1 is 0.688 bits per heavy atom. The predicted molar refractivity (Wildman–Crippen MR) is 163 cm³/mol. The fourth-order valence-electron chi connectivity index (χ4n) is 5.84. The molecule has 0 amide bonds. The summed E-state index contributed by atoms with van der Waals surface area (Å²) in [6.07, 6.45) is -4.96. The van der Waals surface area contributed by atoms with Crippen molar-refractivity contribution in [2.75, 3.05) is 0 Å². The molecule has 0 aliphatic heterocycles. The Labute approximate surface area is 270 Å². The lowest BCUT2D eigenvalue weighted by atomic mass is 9.90. The Balaban J connectivity index is 2.01. The number of nitrogens with zero attached hydrogens (tertiary/aromatic N) is 7. The number of fused-ring (bicyclic) bond motifs is 2. The molecule has 2 aliphatic rings. The fraction of sp³-hybridized carbons (Fsp3) is 0.0833. The number of alkyl halides is 3. The van der Waals surface area contributed by atoms with Gasteiger partial charge in [0.05, 0.1) is 54.6 Å². The van der Waals surface area contributed by atoms with Crippen LogP contribution < -0.4 is 0 Å². The van der Waals surface area contributed by atoms with Gasteiger partial charge in [0.25, 0.3) is 11.4 Å². The number of rotatable bonds is 2. The lowest BCUT2D eigenvalue weighted by Gasteiger charge is -2.15. The van der Waals surface area contributed by atoms with Crippen LogP contribution in [0.25, 0.3) is 48.1 Å². The van der Waals surface area contributed by atoms with Gasteiger partial charge in [0.15, 0.2) is 0 Å². The number of allylic oxidation sites excluding steroid dienone is 7. The molecule has 0 unspecified atom stereocenters. The summed E-state index contributed by atoms with van der Waals surface area (Å²) >= 11 is 0.